The van der Waals surface area contributed by atoms with Gasteiger partial charge in [0.15, 0.2) is 0 Å². The zero-order valence-corrected chi connectivity index (χ0v) is 9.88. The van der Waals surface area contributed by atoms with Gasteiger partial charge in [-0.1, -0.05) is 6.92 Å². The van der Waals surface area contributed by atoms with Gasteiger partial charge < -0.3 is 0 Å². The van der Waals surface area contributed by atoms with Gasteiger partial charge in [-0.05, 0) is 30.2 Å². The number of hydrogen-bond acceptors (Lipinski definition) is 2. The SMILES string of the molecule is CCCc1nnc(Cl)n1-c1ccc(F)cc1F. The van der Waals surface area contributed by atoms with E-state index in [4.69, 9.17) is 11.6 Å². The third kappa shape index (κ3) is 2.29. The summed E-state index contributed by atoms with van der Waals surface area (Å²) >= 11 is 5.86. The summed E-state index contributed by atoms with van der Waals surface area (Å²) in [5.41, 5.74) is 0.157. The smallest absolute Gasteiger partial charge is 0.229 e. The second-order valence-corrected chi connectivity index (χ2v) is 3.90. The Morgan fingerprint density at radius 2 is 2.06 bits per heavy atom. The summed E-state index contributed by atoms with van der Waals surface area (Å²) in [6.45, 7) is 1.97. The monoisotopic (exact) mass is 257 g/mol. The van der Waals surface area contributed by atoms with Gasteiger partial charge in [0.25, 0.3) is 0 Å². The number of nitrogens with zero attached hydrogens (tertiary/aromatic N) is 3. The van der Waals surface area contributed by atoms with Crippen LogP contribution in [-0.4, -0.2) is 14.8 Å². The maximum absolute atomic E-state index is 13.6. The van der Waals surface area contributed by atoms with E-state index in [-0.39, 0.29) is 11.0 Å². The van der Waals surface area contributed by atoms with E-state index in [1.807, 2.05) is 6.92 Å². The highest BCUT2D eigenvalue weighted by Crippen LogP contribution is 2.21. The van der Waals surface area contributed by atoms with Crippen LogP contribution in [-0.2, 0) is 6.42 Å². The Morgan fingerprint density at radius 3 is 2.71 bits per heavy atom. The predicted octanol–water partition coefficient (Wildman–Crippen LogP) is 3.15. The first-order valence-corrected chi connectivity index (χ1v) is 5.56. The van der Waals surface area contributed by atoms with Crippen molar-refractivity contribution in [3.05, 3.63) is 40.9 Å². The second kappa shape index (κ2) is 4.79. The molecule has 0 radical (unpaired) electrons. The van der Waals surface area contributed by atoms with Crippen molar-refractivity contribution in [1.29, 1.82) is 0 Å². The van der Waals surface area contributed by atoms with Crippen molar-refractivity contribution in [2.75, 3.05) is 0 Å². The summed E-state index contributed by atoms with van der Waals surface area (Å²) in [6, 6.07) is 3.30. The van der Waals surface area contributed by atoms with E-state index in [2.05, 4.69) is 10.2 Å². The van der Waals surface area contributed by atoms with E-state index >= 15 is 0 Å². The normalized spacial score (nSPS) is 10.8. The number of rotatable bonds is 3. The quantitative estimate of drug-likeness (QED) is 0.846. The van der Waals surface area contributed by atoms with Gasteiger partial charge in [0.05, 0.1) is 5.69 Å². The summed E-state index contributed by atoms with van der Waals surface area (Å²) in [5, 5.41) is 7.63. The third-order valence-corrected chi connectivity index (χ3v) is 2.56. The molecule has 17 heavy (non-hydrogen) atoms. The Balaban J connectivity index is 2.55. The minimum Gasteiger partial charge on any atom is -0.267 e. The molecular weight excluding hydrogens is 248 g/mol. The van der Waals surface area contributed by atoms with Crippen molar-refractivity contribution in [3.8, 4) is 5.69 Å². The molecule has 3 nitrogen and oxygen atoms in total. The van der Waals surface area contributed by atoms with Crippen molar-refractivity contribution in [2.24, 2.45) is 0 Å². The lowest BCUT2D eigenvalue weighted by Gasteiger charge is -2.08. The molecule has 2 aromatic rings. The van der Waals surface area contributed by atoms with Gasteiger partial charge in [-0.3, -0.25) is 4.57 Å². The Morgan fingerprint density at radius 1 is 1.29 bits per heavy atom. The molecule has 0 fully saturated rings. The van der Waals surface area contributed by atoms with Crippen LogP contribution in [0, 0.1) is 11.6 Å². The Kier molecular flexibility index (Phi) is 3.38. The van der Waals surface area contributed by atoms with Gasteiger partial charge in [-0.2, -0.15) is 0 Å². The lowest BCUT2D eigenvalue weighted by atomic mass is 10.2. The van der Waals surface area contributed by atoms with Crippen LogP contribution in [0.15, 0.2) is 18.2 Å². The van der Waals surface area contributed by atoms with Crippen molar-refractivity contribution < 1.29 is 8.78 Å². The molecule has 1 aromatic heterocycles. The molecule has 0 aliphatic carbocycles. The minimum atomic E-state index is -0.691. The first-order chi connectivity index (χ1) is 8.13. The van der Waals surface area contributed by atoms with Crippen molar-refractivity contribution >= 4 is 11.6 Å². The van der Waals surface area contributed by atoms with Crippen LogP contribution in [0.4, 0.5) is 8.78 Å². The molecule has 0 saturated carbocycles. The topological polar surface area (TPSA) is 30.7 Å². The van der Waals surface area contributed by atoms with E-state index in [1.54, 1.807) is 0 Å². The minimum absolute atomic E-state index is 0.0685. The average Bonchev–Trinajstić information content (AvgIpc) is 2.62. The molecule has 0 unspecified atom stereocenters. The van der Waals surface area contributed by atoms with E-state index in [0.717, 1.165) is 12.5 Å². The summed E-state index contributed by atoms with van der Waals surface area (Å²) in [5.74, 6) is -0.764. The van der Waals surface area contributed by atoms with Crippen LogP contribution in [0.1, 0.15) is 19.2 Å². The Labute approximate surface area is 102 Å². The standard InChI is InChI=1S/C11H10ClF2N3/c1-2-3-10-15-16-11(12)17(10)9-5-4-7(13)6-8(9)14/h4-6H,2-3H2,1H3. The molecule has 0 atom stereocenters. The summed E-state index contributed by atoms with van der Waals surface area (Å²) in [6.07, 6.45) is 1.45. The van der Waals surface area contributed by atoms with Crippen LogP contribution >= 0.6 is 11.6 Å². The molecule has 1 heterocycles. The maximum Gasteiger partial charge on any atom is 0.229 e. The van der Waals surface area contributed by atoms with Gasteiger partial charge in [-0.25, -0.2) is 8.78 Å². The molecule has 0 saturated heterocycles. The molecule has 90 valence electrons. The lowest BCUT2D eigenvalue weighted by molar-refractivity contribution is 0.576. The fourth-order valence-corrected chi connectivity index (χ4v) is 1.81. The van der Waals surface area contributed by atoms with Crippen LogP contribution in [0.3, 0.4) is 0 Å². The van der Waals surface area contributed by atoms with Gasteiger partial charge >= 0.3 is 0 Å². The van der Waals surface area contributed by atoms with Crippen molar-refractivity contribution in [2.45, 2.75) is 19.8 Å². The highest BCUT2D eigenvalue weighted by molar-refractivity contribution is 6.28. The van der Waals surface area contributed by atoms with Gasteiger partial charge in [0.2, 0.25) is 5.28 Å². The summed E-state index contributed by atoms with van der Waals surface area (Å²) in [7, 11) is 0. The molecule has 0 aliphatic rings. The highest BCUT2D eigenvalue weighted by atomic mass is 35.5. The fourth-order valence-electron chi connectivity index (χ4n) is 1.58. The number of benzene rings is 1. The predicted molar refractivity (Wildman–Crippen MR) is 60.3 cm³/mol. The van der Waals surface area contributed by atoms with Crippen molar-refractivity contribution in [3.63, 3.8) is 0 Å². The molecular formula is C11H10ClF2N3. The zero-order valence-electron chi connectivity index (χ0n) is 9.12. The second-order valence-electron chi connectivity index (χ2n) is 3.57. The van der Waals surface area contributed by atoms with E-state index in [1.165, 1.54) is 16.7 Å². The molecule has 1 aromatic carbocycles. The molecule has 2 rings (SSSR count). The molecule has 0 bridgehead atoms. The molecule has 0 aliphatic heterocycles. The van der Waals surface area contributed by atoms with Crippen LogP contribution in [0.5, 0.6) is 0 Å². The first kappa shape index (κ1) is 12.0. The van der Waals surface area contributed by atoms with Crippen LogP contribution in [0.2, 0.25) is 5.28 Å². The number of halogens is 3. The molecule has 0 N–H and O–H groups in total. The lowest BCUT2D eigenvalue weighted by Crippen LogP contribution is -2.04. The highest BCUT2D eigenvalue weighted by Gasteiger charge is 2.15. The van der Waals surface area contributed by atoms with Crippen LogP contribution in [0.25, 0.3) is 5.69 Å². The molecule has 0 amide bonds. The summed E-state index contributed by atoms with van der Waals surface area (Å²) < 4.78 is 27.9. The molecule has 0 spiro atoms. The zero-order chi connectivity index (χ0) is 12.4. The van der Waals surface area contributed by atoms with Gasteiger partial charge in [0, 0.05) is 12.5 Å². The fraction of sp³-hybridized carbons (Fsp3) is 0.273. The number of hydrogen-bond donors (Lipinski definition) is 0. The summed E-state index contributed by atoms with van der Waals surface area (Å²) in [4.78, 5) is 0. The van der Waals surface area contributed by atoms with E-state index < -0.39 is 11.6 Å². The maximum atomic E-state index is 13.6. The van der Waals surface area contributed by atoms with E-state index in [9.17, 15) is 8.78 Å². The molecule has 6 heteroatoms. The van der Waals surface area contributed by atoms with Gasteiger partial charge in [-0.15, -0.1) is 10.2 Å². The average molecular weight is 258 g/mol. The Bertz CT molecular complexity index is 540. The largest absolute Gasteiger partial charge is 0.267 e. The van der Waals surface area contributed by atoms with Crippen molar-refractivity contribution in [1.82, 2.24) is 14.8 Å². The van der Waals surface area contributed by atoms with Crippen LogP contribution < -0.4 is 0 Å². The number of aromatic nitrogens is 3. The number of aryl methyl sites for hydroxylation is 1. The van der Waals surface area contributed by atoms with Gasteiger partial charge in [0.1, 0.15) is 17.5 Å². The third-order valence-electron chi connectivity index (χ3n) is 2.31. The van der Waals surface area contributed by atoms with E-state index in [0.29, 0.717) is 12.2 Å². The Hall–Kier alpha value is -1.49. The first-order valence-electron chi connectivity index (χ1n) is 5.18.